The van der Waals surface area contributed by atoms with Crippen molar-refractivity contribution in [1.29, 1.82) is 0 Å². The number of methoxy groups -OCH3 is 1. The molecule has 1 amide bonds. The third-order valence-electron chi connectivity index (χ3n) is 3.52. The maximum atomic E-state index is 12.7. The minimum atomic E-state index is -4.63. The summed E-state index contributed by atoms with van der Waals surface area (Å²) in [7, 11) is 1.58. The second-order valence-electron chi connectivity index (χ2n) is 5.34. The van der Waals surface area contributed by atoms with Gasteiger partial charge in [-0.25, -0.2) is 0 Å². The molecule has 0 aliphatic heterocycles. The number of nitrogens with zero attached hydrogens (tertiary/aromatic N) is 4. The average Bonchev–Trinajstić information content (AvgIpc) is 3.17. The van der Waals surface area contributed by atoms with Crippen LogP contribution < -0.4 is 10.1 Å². The van der Waals surface area contributed by atoms with Crippen molar-refractivity contribution < 1.29 is 22.7 Å². The predicted molar refractivity (Wildman–Crippen MR) is 86.8 cm³/mol. The molecule has 0 atom stereocenters. The number of fused-ring (bicyclic) bond motifs is 1. The van der Waals surface area contributed by atoms with Gasteiger partial charge in [0.2, 0.25) is 10.9 Å². The van der Waals surface area contributed by atoms with E-state index >= 15 is 0 Å². The van der Waals surface area contributed by atoms with Gasteiger partial charge in [-0.15, -0.1) is 10.2 Å². The lowest BCUT2D eigenvalue weighted by Gasteiger charge is -2.04. The molecule has 2 aromatic heterocycles. The maximum absolute atomic E-state index is 12.7. The van der Waals surface area contributed by atoms with E-state index in [-0.39, 0.29) is 23.8 Å². The van der Waals surface area contributed by atoms with Crippen molar-refractivity contribution in [3.05, 3.63) is 40.7 Å². The number of hydrogen-bond donors (Lipinski definition) is 1. The number of aromatic nitrogens is 4. The molecule has 7 nitrogen and oxygen atoms in total. The Morgan fingerprint density at radius 2 is 2.00 bits per heavy atom. The van der Waals surface area contributed by atoms with Gasteiger partial charge in [0.15, 0.2) is 0 Å². The van der Waals surface area contributed by atoms with Crippen LogP contribution >= 0.6 is 11.3 Å². The topological polar surface area (TPSA) is 81.4 Å². The van der Waals surface area contributed by atoms with Crippen LogP contribution in [0.15, 0.2) is 24.3 Å². The molecule has 3 aromatic rings. The Labute approximate surface area is 149 Å². The van der Waals surface area contributed by atoms with Crippen LogP contribution in [0, 0.1) is 0 Å². The number of benzene rings is 1. The molecule has 0 bridgehead atoms. The number of hydrogen-bond acceptors (Lipinski definition) is 6. The molecule has 1 aromatic carbocycles. The van der Waals surface area contributed by atoms with Crippen LogP contribution in [0.2, 0.25) is 0 Å². The Hall–Kier alpha value is -2.69. The average molecular weight is 385 g/mol. The lowest BCUT2D eigenvalue weighted by Crippen LogP contribution is -2.23. The third kappa shape index (κ3) is 4.10. The molecule has 0 saturated carbocycles. The molecule has 0 aliphatic rings. The molecule has 3 rings (SSSR count). The minimum Gasteiger partial charge on any atom is -0.497 e. The Bertz CT molecular complexity index is 904. The highest BCUT2D eigenvalue weighted by Crippen LogP contribution is 2.28. The summed E-state index contributed by atoms with van der Waals surface area (Å²) in [6.07, 6.45) is -3.84. The smallest absolute Gasteiger partial charge is 0.453 e. The highest BCUT2D eigenvalue weighted by Gasteiger charge is 2.38. The van der Waals surface area contributed by atoms with Crippen LogP contribution in [0.5, 0.6) is 5.75 Å². The molecule has 0 radical (unpaired) electrons. The molecular weight excluding hydrogens is 371 g/mol. The molecule has 0 fully saturated rings. The predicted octanol–water partition coefficient (Wildman–Crippen LogP) is 2.46. The van der Waals surface area contributed by atoms with Crippen LogP contribution in [-0.4, -0.2) is 32.8 Å². The van der Waals surface area contributed by atoms with Gasteiger partial charge in [-0.3, -0.25) is 4.79 Å². The van der Waals surface area contributed by atoms with Crippen molar-refractivity contribution in [1.82, 2.24) is 25.1 Å². The number of aryl methyl sites for hydroxylation is 1. The van der Waals surface area contributed by atoms with E-state index in [0.29, 0.717) is 15.9 Å². The summed E-state index contributed by atoms with van der Waals surface area (Å²) in [6.45, 7) is 0.0345. The van der Waals surface area contributed by atoms with E-state index in [2.05, 4.69) is 20.6 Å². The van der Waals surface area contributed by atoms with Gasteiger partial charge < -0.3 is 10.1 Å². The summed E-state index contributed by atoms with van der Waals surface area (Å²) in [6, 6.07) is 7.36. The largest absolute Gasteiger partial charge is 0.497 e. The Morgan fingerprint density at radius 3 is 2.65 bits per heavy atom. The number of rotatable bonds is 6. The lowest BCUT2D eigenvalue weighted by molar-refractivity contribution is -0.146. The summed E-state index contributed by atoms with van der Waals surface area (Å²) in [4.78, 5) is 11.9. The fourth-order valence-corrected chi connectivity index (χ4v) is 2.99. The maximum Gasteiger partial charge on any atom is 0.453 e. The van der Waals surface area contributed by atoms with Gasteiger partial charge in [0.25, 0.3) is 5.82 Å². The monoisotopic (exact) mass is 385 g/mol. The first-order chi connectivity index (χ1) is 12.4. The number of amides is 1. The summed E-state index contributed by atoms with van der Waals surface area (Å²) >= 11 is 0.944. The number of alkyl halides is 3. The summed E-state index contributed by atoms with van der Waals surface area (Å²) < 4.78 is 43.9. The fourth-order valence-electron chi connectivity index (χ4n) is 2.22. The van der Waals surface area contributed by atoms with Crippen molar-refractivity contribution in [2.24, 2.45) is 0 Å². The molecule has 0 aliphatic carbocycles. The van der Waals surface area contributed by atoms with Crippen molar-refractivity contribution in [2.45, 2.75) is 25.6 Å². The molecule has 0 unspecified atom stereocenters. The number of halogens is 3. The number of nitrogens with one attached hydrogen (secondary N) is 1. The second kappa shape index (κ2) is 7.28. The van der Waals surface area contributed by atoms with Crippen LogP contribution in [0.25, 0.3) is 4.96 Å². The Balaban J connectivity index is 1.54. The third-order valence-corrected chi connectivity index (χ3v) is 4.42. The van der Waals surface area contributed by atoms with E-state index in [9.17, 15) is 18.0 Å². The fraction of sp³-hybridized carbons (Fsp3) is 0.333. The van der Waals surface area contributed by atoms with Gasteiger partial charge in [0.05, 0.1) is 13.7 Å². The van der Waals surface area contributed by atoms with Gasteiger partial charge in [0.1, 0.15) is 10.8 Å². The molecule has 138 valence electrons. The first-order valence-corrected chi connectivity index (χ1v) is 8.36. The Kier molecular flexibility index (Phi) is 5.07. The van der Waals surface area contributed by atoms with E-state index in [0.717, 1.165) is 22.6 Å². The van der Waals surface area contributed by atoms with E-state index < -0.39 is 12.0 Å². The zero-order valence-electron chi connectivity index (χ0n) is 13.6. The SMILES string of the molecule is COc1ccc(CCC(=O)NCc2nn3c(C(F)(F)F)nnc3s2)cc1. The standard InChI is InChI=1S/C15H14F3N5O2S/c1-25-10-5-2-9(3-6-10)4-7-11(24)19-8-12-22-23-13(15(16,17)18)20-21-14(23)26-12/h2-3,5-6H,4,7-8H2,1H3,(H,19,24). The molecule has 1 N–H and O–H groups in total. The molecule has 0 saturated heterocycles. The van der Waals surface area contributed by atoms with Gasteiger partial charge in [-0.2, -0.15) is 22.8 Å². The summed E-state index contributed by atoms with van der Waals surface area (Å²) in [5, 5.41) is 13.3. The first kappa shape index (κ1) is 18.1. The van der Waals surface area contributed by atoms with E-state index in [4.69, 9.17) is 4.74 Å². The lowest BCUT2D eigenvalue weighted by atomic mass is 10.1. The Morgan fingerprint density at radius 1 is 1.27 bits per heavy atom. The summed E-state index contributed by atoms with van der Waals surface area (Å²) in [5.74, 6) is -0.664. The molecule has 11 heteroatoms. The normalized spacial score (nSPS) is 11.7. The number of carbonyl (C=O) groups is 1. The first-order valence-electron chi connectivity index (χ1n) is 7.55. The van der Waals surface area contributed by atoms with Gasteiger partial charge in [-0.05, 0) is 24.1 Å². The van der Waals surface area contributed by atoms with Gasteiger partial charge in [-0.1, -0.05) is 23.5 Å². The highest BCUT2D eigenvalue weighted by molar-refractivity contribution is 7.16. The van der Waals surface area contributed by atoms with Crippen LogP contribution in [0.4, 0.5) is 13.2 Å². The molecule has 26 heavy (non-hydrogen) atoms. The van der Waals surface area contributed by atoms with E-state index in [1.165, 1.54) is 0 Å². The highest BCUT2D eigenvalue weighted by atomic mass is 32.1. The second-order valence-corrected chi connectivity index (χ2v) is 6.38. The van der Waals surface area contributed by atoms with Gasteiger partial charge >= 0.3 is 6.18 Å². The minimum absolute atomic E-state index is 0.0276. The molecule has 0 spiro atoms. The summed E-state index contributed by atoms with van der Waals surface area (Å²) in [5.41, 5.74) is 0.981. The van der Waals surface area contributed by atoms with Crippen molar-refractivity contribution >= 4 is 22.2 Å². The van der Waals surface area contributed by atoms with Crippen LogP contribution in [0.3, 0.4) is 0 Å². The number of carbonyl (C=O) groups excluding carboxylic acids is 1. The van der Waals surface area contributed by atoms with Crippen molar-refractivity contribution in [2.75, 3.05) is 7.11 Å². The zero-order chi connectivity index (χ0) is 18.7. The quantitative estimate of drug-likeness (QED) is 0.705. The van der Waals surface area contributed by atoms with Gasteiger partial charge in [0, 0.05) is 6.42 Å². The van der Waals surface area contributed by atoms with Crippen LogP contribution in [0.1, 0.15) is 22.8 Å². The van der Waals surface area contributed by atoms with Crippen LogP contribution in [-0.2, 0) is 23.9 Å². The van der Waals surface area contributed by atoms with Crippen molar-refractivity contribution in [3.63, 3.8) is 0 Å². The molecular formula is C15H14F3N5O2S. The van der Waals surface area contributed by atoms with Crippen molar-refractivity contribution in [3.8, 4) is 5.75 Å². The number of ether oxygens (including phenoxy) is 1. The van der Waals surface area contributed by atoms with E-state index in [1.54, 1.807) is 7.11 Å². The zero-order valence-corrected chi connectivity index (χ0v) is 14.4. The van der Waals surface area contributed by atoms with E-state index in [1.807, 2.05) is 24.3 Å². The molecule has 2 heterocycles.